The number of aliphatic hydroxyl groups excluding tert-OH is 1. The van der Waals surface area contributed by atoms with Crippen molar-refractivity contribution in [3.63, 3.8) is 0 Å². The summed E-state index contributed by atoms with van der Waals surface area (Å²) in [6.45, 7) is 1.71. The van der Waals surface area contributed by atoms with Crippen molar-refractivity contribution in [1.29, 1.82) is 5.26 Å². The van der Waals surface area contributed by atoms with Crippen molar-refractivity contribution in [2.24, 2.45) is 0 Å². The Morgan fingerprint density at radius 1 is 1.17 bits per heavy atom. The van der Waals surface area contributed by atoms with Crippen LogP contribution in [0.25, 0.3) is 0 Å². The number of hydrogen-bond donors (Lipinski definition) is 3. The van der Waals surface area contributed by atoms with Crippen molar-refractivity contribution >= 4 is 6.03 Å². The highest BCUT2D eigenvalue weighted by molar-refractivity contribution is 5.74. The number of nitriles is 1. The first-order chi connectivity index (χ1) is 11.6. The third-order valence-electron chi connectivity index (χ3n) is 3.74. The van der Waals surface area contributed by atoms with E-state index in [2.05, 4.69) is 16.7 Å². The maximum absolute atomic E-state index is 12.1. The maximum atomic E-state index is 12.1. The molecule has 0 saturated carbocycles. The summed E-state index contributed by atoms with van der Waals surface area (Å²) in [6.07, 6.45) is 0.559. The second-order valence-electron chi connectivity index (χ2n) is 5.65. The number of urea groups is 1. The summed E-state index contributed by atoms with van der Waals surface area (Å²) >= 11 is 0. The van der Waals surface area contributed by atoms with Crippen LogP contribution in [0.3, 0.4) is 0 Å². The molecule has 0 radical (unpaired) electrons. The SMILES string of the molecule is C[C@H](NC(=O)N[C@H](CO)Cc1ccccc1)c1cccc(C#N)c1. The second-order valence-corrected chi connectivity index (χ2v) is 5.65. The second kappa shape index (κ2) is 8.70. The van der Waals surface area contributed by atoms with Crippen molar-refractivity contribution in [3.8, 4) is 6.07 Å². The molecule has 124 valence electrons. The number of nitrogens with one attached hydrogen (secondary N) is 2. The highest BCUT2D eigenvalue weighted by Gasteiger charge is 2.15. The minimum Gasteiger partial charge on any atom is -0.394 e. The van der Waals surface area contributed by atoms with Crippen LogP contribution in [0.5, 0.6) is 0 Å². The average Bonchev–Trinajstić information content (AvgIpc) is 2.62. The Hall–Kier alpha value is -2.84. The van der Waals surface area contributed by atoms with E-state index in [4.69, 9.17) is 5.26 Å². The molecule has 2 rings (SSSR count). The standard InChI is InChI=1S/C19H21N3O2/c1-14(17-9-5-8-16(10-17)12-20)21-19(24)22-18(13-23)11-15-6-3-2-4-7-15/h2-10,14,18,23H,11,13H2,1H3,(H2,21,22,24)/t14-,18-/m0/s1. The Balaban J connectivity index is 1.92. The Kier molecular flexibility index (Phi) is 6.35. The lowest BCUT2D eigenvalue weighted by Gasteiger charge is -2.20. The predicted molar refractivity (Wildman–Crippen MR) is 92.3 cm³/mol. The van der Waals surface area contributed by atoms with Crippen molar-refractivity contribution in [2.45, 2.75) is 25.4 Å². The predicted octanol–water partition coefficient (Wildman–Crippen LogP) is 2.52. The largest absolute Gasteiger partial charge is 0.394 e. The van der Waals surface area contributed by atoms with E-state index in [1.54, 1.807) is 18.2 Å². The molecule has 2 amide bonds. The molecular weight excluding hydrogens is 302 g/mol. The molecule has 5 heteroatoms. The molecule has 24 heavy (non-hydrogen) atoms. The van der Waals surface area contributed by atoms with E-state index in [1.807, 2.05) is 43.3 Å². The molecule has 0 heterocycles. The van der Waals surface area contributed by atoms with Gasteiger partial charge in [-0.25, -0.2) is 4.79 Å². The van der Waals surface area contributed by atoms with Gasteiger partial charge in [0.25, 0.3) is 0 Å². The van der Waals surface area contributed by atoms with Crippen molar-refractivity contribution in [2.75, 3.05) is 6.61 Å². The Labute approximate surface area is 141 Å². The molecular formula is C19H21N3O2. The Bertz CT molecular complexity index is 710. The molecule has 0 fully saturated rings. The summed E-state index contributed by atoms with van der Waals surface area (Å²) in [5, 5.41) is 24.0. The van der Waals surface area contributed by atoms with Crippen LogP contribution < -0.4 is 10.6 Å². The molecule has 2 aromatic carbocycles. The number of carbonyl (C=O) groups is 1. The van der Waals surface area contributed by atoms with E-state index < -0.39 is 0 Å². The third kappa shape index (κ3) is 5.11. The van der Waals surface area contributed by atoms with Crippen LogP contribution in [0.2, 0.25) is 0 Å². The molecule has 0 aliphatic heterocycles. The number of nitrogens with zero attached hydrogens (tertiary/aromatic N) is 1. The number of hydrogen-bond acceptors (Lipinski definition) is 3. The normalized spacial score (nSPS) is 12.7. The molecule has 0 aliphatic carbocycles. The van der Waals surface area contributed by atoms with Gasteiger partial charge in [0.05, 0.1) is 30.3 Å². The summed E-state index contributed by atoms with van der Waals surface area (Å²) in [4.78, 5) is 12.1. The number of aliphatic hydroxyl groups is 1. The van der Waals surface area contributed by atoms with Crippen LogP contribution in [0, 0.1) is 11.3 Å². The van der Waals surface area contributed by atoms with E-state index >= 15 is 0 Å². The lowest BCUT2D eigenvalue weighted by Crippen LogP contribution is -2.45. The molecule has 0 bridgehead atoms. The highest BCUT2D eigenvalue weighted by Crippen LogP contribution is 2.13. The molecule has 0 aromatic heterocycles. The number of benzene rings is 2. The zero-order valence-electron chi connectivity index (χ0n) is 13.6. The van der Waals surface area contributed by atoms with Gasteiger partial charge < -0.3 is 15.7 Å². The van der Waals surface area contributed by atoms with Gasteiger partial charge in [-0.2, -0.15) is 5.26 Å². The molecule has 3 N–H and O–H groups in total. The van der Waals surface area contributed by atoms with Gasteiger partial charge in [0.15, 0.2) is 0 Å². The van der Waals surface area contributed by atoms with Gasteiger partial charge in [0.2, 0.25) is 0 Å². The fourth-order valence-corrected chi connectivity index (χ4v) is 2.44. The minimum absolute atomic E-state index is 0.138. The molecule has 0 aliphatic rings. The third-order valence-corrected chi connectivity index (χ3v) is 3.74. The summed E-state index contributed by atoms with van der Waals surface area (Å²) < 4.78 is 0. The monoisotopic (exact) mass is 323 g/mol. The van der Waals surface area contributed by atoms with Gasteiger partial charge in [-0.15, -0.1) is 0 Å². The molecule has 0 spiro atoms. The number of amides is 2. The number of carbonyl (C=O) groups excluding carboxylic acids is 1. The topological polar surface area (TPSA) is 85.2 Å². The Morgan fingerprint density at radius 2 is 1.92 bits per heavy atom. The number of rotatable bonds is 6. The quantitative estimate of drug-likeness (QED) is 0.763. The van der Waals surface area contributed by atoms with Crippen molar-refractivity contribution < 1.29 is 9.90 Å². The summed E-state index contributed by atoms with van der Waals surface area (Å²) in [6, 6.07) is 17.9. The van der Waals surface area contributed by atoms with E-state index in [0.717, 1.165) is 11.1 Å². The van der Waals surface area contributed by atoms with Crippen LogP contribution in [-0.4, -0.2) is 23.8 Å². The van der Waals surface area contributed by atoms with E-state index in [-0.39, 0.29) is 24.7 Å². The van der Waals surface area contributed by atoms with Gasteiger partial charge in [-0.1, -0.05) is 42.5 Å². The average molecular weight is 323 g/mol. The molecule has 2 aromatic rings. The molecule has 5 nitrogen and oxygen atoms in total. The maximum Gasteiger partial charge on any atom is 0.315 e. The first kappa shape index (κ1) is 17.5. The van der Waals surface area contributed by atoms with Gasteiger partial charge in [-0.05, 0) is 36.6 Å². The summed E-state index contributed by atoms with van der Waals surface area (Å²) in [5.41, 5.74) is 2.46. The molecule has 2 atom stereocenters. The van der Waals surface area contributed by atoms with E-state index in [9.17, 15) is 9.90 Å². The van der Waals surface area contributed by atoms with Gasteiger partial charge in [-0.3, -0.25) is 0 Å². The van der Waals surface area contributed by atoms with Gasteiger partial charge >= 0.3 is 6.03 Å². The zero-order valence-corrected chi connectivity index (χ0v) is 13.6. The fraction of sp³-hybridized carbons (Fsp3) is 0.263. The highest BCUT2D eigenvalue weighted by atomic mass is 16.3. The summed E-state index contributed by atoms with van der Waals surface area (Å²) in [7, 11) is 0. The van der Waals surface area contributed by atoms with Crippen LogP contribution in [-0.2, 0) is 6.42 Å². The molecule has 0 unspecified atom stereocenters. The zero-order chi connectivity index (χ0) is 17.4. The van der Waals surface area contributed by atoms with Crippen LogP contribution in [0.15, 0.2) is 54.6 Å². The van der Waals surface area contributed by atoms with Crippen molar-refractivity contribution in [1.82, 2.24) is 10.6 Å². The van der Waals surface area contributed by atoms with Gasteiger partial charge in [0.1, 0.15) is 0 Å². The Morgan fingerprint density at radius 3 is 2.58 bits per heavy atom. The first-order valence-corrected chi connectivity index (χ1v) is 7.84. The van der Waals surface area contributed by atoms with E-state index in [1.165, 1.54) is 0 Å². The van der Waals surface area contributed by atoms with E-state index in [0.29, 0.717) is 12.0 Å². The van der Waals surface area contributed by atoms with Crippen molar-refractivity contribution in [3.05, 3.63) is 71.3 Å². The smallest absolute Gasteiger partial charge is 0.315 e. The lowest BCUT2D eigenvalue weighted by molar-refractivity contribution is 0.213. The van der Waals surface area contributed by atoms with Gasteiger partial charge in [0, 0.05) is 0 Å². The molecule has 0 saturated heterocycles. The lowest BCUT2D eigenvalue weighted by atomic mass is 10.1. The van der Waals surface area contributed by atoms with Crippen LogP contribution in [0.1, 0.15) is 29.7 Å². The minimum atomic E-state index is -0.356. The summed E-state index contributed by atoms with van der Waals surface area (Å²) in [5.74, 6) is 0. The van der Waals surface area contributed by atoms with Crippen LogP contribution in [0.4, 0.5) is 4.79 Å². The first-order valence-electron chi connectivity index (χ1n) is 7.84. The fourth-order valence-electron chi connectivity index (χ4n) is 2.44. The van der Waals surface area contributed by atoms with Crippen LogP contribution >= 0.6 is 0 Å².